The van der Waals surface area contributed by atoms with E-state index >= 15 is 0 Å². The van der Waals surface area contributed by atoms with Gasteiger partial charge in [0.05, 0.1) is 27.5 Å². The molecule has 1 heterocycles. The van der Waals surface area contributed by atoms with Crippen molar-refractivity contribution < 1.29 is 4.79 Å². The summed E-state index contributed by atoms with van der Waals surface area (Å²) < 4.78 is 1.97. The number of carbonyl (C=O) groups excluding carboxylic acids is 1. The molecule has 2 aromatic carbocycles. The molecule has 0 aliphatic carbocycles. The number of hydrogen-bond donors (Lipinski definition) is 1. The molecule has 0 atom stereocenters. The summed E-state index contributed by atoms with van der Waals surface area (Å²) >= 11 is 13.4. The van der Waals surface area contributed by atoms with Crippen LogP contribution in [-0.2, 0) is 11.8 Å². The monoisotopic (exact) mass is 406 g/mol. The minimum Gasteiger partial charge on any atom is -0.322 e. The molecule has 5 nitrogen and oxygen atoms in total. The van der Waals surface area contributed by atoms with Crippen molar-refractivity contribution in [2.75, 3.05) is 5.75 Å². The number of nitrogens with zero attached hydrogens (tertiary/aromatic N) is 3. The maximum Gasteiger partial charge on any atom is 0.250 e. The lowest BCUT2D eigenvalue weighted by atomic mass is 10.1. The Balaban J connectivity index is 1.62. The Labute approximate surface area is 165 Å². The Kier molecular flexibility index (Phi) is 5.86. The molecule has 0 saturated carbocycles. The summed E-state index contributed by atoms with van der Waals surface area (Å²) in [5.74, 6) is -0.00560. The van der Waals surface area contributed by atoms with E-state index in [1.807, 2.05) is 35.9 Å². The second-order valence-corrected chi connectivity index (χ2v) is 7.37. The third-order valence-corrected chi connectivity index (χ3v) is 5.33. The van der Waals surface area contributed by atoms with Crippen LogP contribution in [0, 0.1) is 0 Å². The molecule has 0 spiro atoms. The van der Waals surface area contributed by atoms with E-state index in [9.17, 15) is 4.79 Å². The largest absolute Gasteiger partial charge is 0.322 e. The number of rotatable bonds is 5. The van der Waals surface area contributed by atoms with Crippen molar-refractivity contribution in [3.8, 4) is 0 Å². The van der Waals surface area contributed by atoms with Crippen molar-refractivity contribution in [3.05, 3.63) is 58.1 Å². The number of hydrazone groups is 1. The molecule has 134 valence electrons. The quantitative estimate of drug-likeness (QED) is 0.385. The number of carbonyl (C=O) groups is 1. The molecular formula is C18H16Cl2N4OS. The molecule has 0 aliphatic rings. The maximum atomic E-state index is 12.1. The number of aryl methyl sites for hydroxylation is 1. The van der Waals surface area contributed by atoms with Crippen LogP contribution in [0.1, 0.15) is 12.5 Å². The number of aromatic nitrogens is 2. The summed E-state index contributed by atoms with van der Waals surface area (Å²) in [5.41, 5.74) is 5.81. The second kappa shape index (κ2) is 8.12. The van der Waals surface area contributed by atoms with Gasteiger partial charge in [0.25, 0.3) is 5.91 Å². The normalized spacial score (nSPS) is 11.8. The first-order valence-electron chi connectivity index (χ1n) is 7.78. The predicted molar refractivity (Wildman–Crippen MR) is 108 cm³/mol. The van der Waals surface area contributed by atoms with E-state index in [0.717, 1.165) is 21.8 Å². The SMILES string of the molecule is C/C(=N\NC(=O)CSc1nc2ccccc2n1C)c1ccc(Cl)cc1Cl. The summed E-state index contributed by atoms with van der Waals surface area (Å²) in [7, 11) is 1.93. The van der Waals surface area contributed by atoms with Crippen LogP contribution in [0.25, 0.3) is 11.0 Å². The van der Waals surface area contributed by atoms with Crippen molar-refractivity contribution in [1.29, 1.82) is 0 Å². The molecule has 0 bridgehead atoms. The van der Waals surface area contributed by atoms with Crippen molar-refractivity contribution in [1.82, 2.24) is 15.0 Å². The lowest BCUT2D eigenvalue weighted by Crippen LogP contribution is -2.21. The fourth-order valence-corrected chi connectivity index (χ4v) is 3.73. The Morgan fingerprint density at radius 1 is 1.27 bits per heavy atom. The van der Waals surface area contributed by atoms with Gasteiger partial charge in [-0.3, -0.25) is 4.79 Å². The first-order valence-corrected chi connectivity index (χ1v) is 9.52. The van der Waals surface area contributed by atoms with Gasteiger partial charge >= 0.3 is 0 Å². The van der Waals surface area contributed by atoms with Crippen LogP contribution in [-0.4, -0.2) is 26.9 Å². The number of halogens is 2. The van der Waals surface area contributed by atoms with Gasteiger partial charge in [0.15, 0.2) is 5.16 Å². The zero-order chi connectivity index (χ0) is 18.7. The van der Waals surface area contributed by atoms with E-state index in [-0.39, 0.29) is 11.7 Å². The maximum absolute atomic E-state index is 12.1. The van der Waals surface area contributed by atoms with E-state index in [4.69, 9.17) is 23.2 Å². The fraction of sp³-hybridized carbons (Fsp3) is 0.167. The average Bonchev–Trinajstić information content (AvgIpc) is 2.94. The van der Waals surface area contributed by atoms with E-state index in [0.29, 0.717) is 15.8 Å². The summed E-state index contributed by atoms with van der Waals surface area (Å²) in [6, 6.07) is 13.0. The average molecular weight is 407 g/mol. The van der Waals surface area contributed by atoms with Crippen LogP contribution < -0.4 is 5.43 Å². The molecule has 26 heavy (non-hydrogen) atoms. The van der Waals surface area contributed by atoms with Crippen LogP contribution in [0.2, 0.25) is 10.0 Å². The molecule has 1 aromatic heterocycles. The van der Waals surface area contributed by atoms with E-state index in [1.54, 1.807) is 25.1 Å². The molecule has 0 aliphatic heterocycles. The molecule has 1 N–H and O–H groups in total. The molecule has 1 amide bonds. The highest BCUT2D eigenvalue weighted by molar-refractivity contribution is 7.99. The Morgan fingerprint density at radius 2 is 2.04 bits per heavy atom. The zero-order valence-corrected chi connectivity index (χ0v) is 16.5. The van der Waals surface area contributed by atoms with Gasteiger partial charge in [0.1, 0.15) is 0 Å². The zero-order valence-electron chi connectivity index (χ0n) is 14.2. The van der Waals surface area contributed by atoms with E-state index in [2.05, 4.69) is 15.5 Å². The lowest BCUT2D eigenvalue weighted by Gasteiger charge is -2.05. The highest BCUT2D eigenvalue weighted by atomic mass is 35.5. The van der Waals surface area contributed by atoms with Crippen molar-refractivity contribution in [3.63, 3.8) is 0 Å². The van der Waals surface area contributed by atoms with Gasteiger partial charge in [-0.1, -0.05) is 53.2 Å². The fourth-order valence-electron chi connectivity index (χ4n) is 2.40. The van der Waals surface area contributed by atoms with Crippen molar-refractivity contribution in [2.24, 2.45) is 12.1 Å². The van der Waals surface area contributed by atoms with Crippen molar-refractivity contribution in [2.45, 2.75) is 12.1 Å². The first kappa shape index (κ1) is 18.8. The van der Waals surface area contributed by atoms with Gasteiger partial charge < -0.3 is 4.57 Å². The highest BCUT2D eigenvalue weighted by Crippen LogP contribution is 2.23. The van der Waals surface area contributed by atoms with Crippen LogP contribution in [0.5, 0.6) is 0 Å². The standard InChI is InChI=1S/C18H16Cl2N4OS/c1-11(13-8-7-12(19)9-14(13)20)22-23-17(25)10-26-18-21-15-5-3-4-6-16(15)24(18)2/h3-9H,10H2,1-2H3,(H,23,25)/b22-11+. The molecule has 0 unspecified atom stereocenters. The van der Waals surface area contributed by atoms with Crippen LogP contribution in [0.3, 0.4) is 0 Å². The Morgan fingerprint density at radius 3 is 2.77 bits per heavy atom. The van der Waals surface area contributed by atoms with Crippen molar-refractivity contribution >= 4 is 57.6 Å². The van der Waals surface area contributed by atoms with E-state index in [1.165, 1.54) is 11.8 Å². The van der Waals surface area contributed by atoms with Crippen LogP contribution in [0.4, 0.5) is 0 Å². The number of thioether (sulfide) groups is 1. The number of imidazole rings is 1. The summed E-state index contributed by atoms with van der Waals surface area (Å²) in [6.45, 7) is 1.77. The molecular weight excluding hydrogens is 391 g/mol. The number of hydrogen-bond acceptors (Lipinski definition) is 4. The third-order valence-electron chi connectivity index (χ3n) is 3.75. The minimum absolute atomic E-state index is 0.211. The van der Waals surface area contributed by atoms with Crippen LogP contribution >= 0.6 is 35.0 Å². The van der Waals surface area contributed by atoms with Gasteiger partial charge in [0.2, 0.25) is 0 Å². The Hall–Kier alpha value is -2.02. The molecule has 3 aromatic rings. The van der Waals surface area contributed by atoms with Gasteiger partial charge in [-0.2, -0.15) is 5.10 Å². The first-order chi connectivity index (χ1) is 12.5. The summed E-state index contributed by atoms with van der Waals surface area (Å²) in [6.07, 6.45) is 0. The topological polar surface area (TPSA) is 59.3 Å². The smallest absolute Gasteiger partial charge is 0.250 e. The van der Waals surface area contributed by atoms with Gasteiger partial charge in [-0.15, -0.1) is 0 Å². The number of fused-ring (bicyclic) bond motifs is 1. The highest BCUT2D eigenvalue weighted by Gasteiger charge is 2.10. The van der Waals surface area contributed by atoms with E-state index < -0.39 is 0 Å². The number of amides is 1. The summed E-state index contributed by atoms with van der Waals surface area (Å²) in [4.78, 5) is 16.6. The van der Waals surface area contributed by atoms with Gasteiger partial charge in [-0.25, -0.2) is 10.4 Å². The molecule has 8 heteroatoms. The second-order valence-electron chi connectivity index (χ2n) is 5.59. The predicted octanol–water partition coefficient (Wildman–Crippen LogP) is 4.51. The molecule has 0 radical (unpaired) electrons. The lowest BCUT2D eigenvalue weighted by molar-refractivity contribution is -0.118. The Bertz CT molecular complexity index is 1000. The molecule has 0 fully saturated rings. The minimum atomic E-state index is -0.216. The molecule has 0 saturated heterocycles. The molecule has 3 rings (SSSR count). The third kappa shape index (κ3) is 4.20. The van der Waals surface area contributed by atoms with Gasteiger partial charge in [0, 0.05) is 17.6 Å². The number of benzene rings is 2. The number of nitrogens with one attached hydrogen (secondary N) is 1. The summed E-state index contributed by atoms with van der Waals surface area (Å²) in [5, 5.41) is 5.93. The van der Waals surface area contributed by atoms with Gasteiger partial charge in [-0.05, 0) is 31.2 Å². The number of para-hydroxylation sites is 2. The van der Waals surface area contributed by atoms with Crippen LogP contribution in [0.15, 0.2) is 52.7 Å².